The number of hydrogen-bond acceptors (Lipinski definition) is 3. The minimum absolute atomic E-state index is 0.296. The molecule has 0 aromatic heterocycles. The van der Waals surface area contributed by atoms with E-state index in [9.17, 15) is 0 Å². The first kappa shape index (κ1) is 13.3. The lowest BCUT2D eigenvalue weighted by molar-refractivity contribution is 0.190. The van der Waals surface area contributed by atoms with Gasteiger partial charge in [0.15, 0.2) is 0 Å². The van der Waals surface area contributed by atoms with Crippen molar-refractivity contribution in [2.24, 2.45) is 23.5 Å². The summed E-state index contributed by atoms with van der Waals surface area (Å²) in [5.74, 6) is 3.04. The molecule has 3 heteroatoms. The third-order valence-electron chi connectivity index (χ3n) is 4.16. The molecule has 2 fully saturated rings. The SMILES string of the molecule is COCCCC(N)CNCC(C1CC1)C1CC1. The zero-order valence-corrected chi connectivity index (χ0v) is 11.2. The number of nitrogens with two attached hydrogens (primary N) is 1. The van der Waals surface area contributed by atoms with E-state index >= 15 is 0 Å². The van der Waals surface area contributed by atoms with Crippen LogP contribution >= 0.6 is 0 Å². The molecule has 100 valence electrons. The highest BCUT2D eigenvalue weighted by molar-refractivity contribution is 4.92. The lowest BCUT2D eigenvalue weighted by Gasteiger charge is -2.18. The molecule has 17 heavy (non-hydrogen) atoms. The van der Waals surface area contributed by atoms with Crippen LogP contribution in [0.5, 0.6) is 0 Å². The Balaban J connectivity index is 1.51. The van der Waals surface area contributed by atoms with Crippen molar-refractivity contribution in [2.45, 2.75) is 44.6 Å². The van der Waals surface area contributed by atoms with Gasteiger partial charge in [-0.2, -0.15) is 0 Å². The largest absolute Gasteiger partial charge is 0.385 e. The van der Waals surface area contributed by atoms with Crippen molar-refractivity contribution in [1.29, 1.82) is 0 Å². The average molecular weight is 240 g/mol. The monoisotopic (exact) mass is 240 g/mol. The van der Waals surface area contributed by atoms with E-state index in [0.29, 0.717) is 6.04 Å². The predicted molar refractivity (Wildman–Crippen MR) is 70.9 cm³/mol. The number of methoxy groups -OCH3 is 1. The smallest absolute Gasteiger partial charge is 0.0462 e. The molecule has 0 amide bonds. The average Bonchev–Trinajstić information content (AvgIpc) is 3.16. The Bertz CT molecular complexity index is 202. The summed E-state index contributed by atoms with van der Waals surface area (Å²) in [7, 11) is 1.75. The zero-order valence-electron chi connectivity index (χ0n) is 11.2. The summed E-state index contributed by atoms with van der Waals surface area (Å²) in [4.78, 5) is 0. The molecule has 0 aromatic carbocycles. The summed E-state index contributed by atoms with van der Waals surface area (Å²) in [6, 6.07) is 0.296. The summed E-state index contributed by atoms with van der Waals surface area (Å²) in [6.07, 6.45) is 8.04. The lowest BCUT2D eigenvalue weighted by atomic mass is 9.98. The van der Waals surface area contributed by atoms with E-state index in [-0.39, 0.29) is 0 Å². The minimum atomic E-state index is 0.296. The molecule has 0 radical (unpaired) electrons. The predicted octanol–water partition coefficient (Wildman–Crippen LogP) is 1.77. The quantitative estimate of drug-likeness (QED) is 0.572. The van der Waals surface area contributed by atoms with Gasteiger partial charge < -0.3 is 15.8 Å². The van der Waals surface area contributed by atoms with E-state index in [1.807, 2.05) is 0 Å². The van der Waals surface area contributed by atoms with Gasteiger partial charge in [-0.3, -0.25) is 0 Å². The van der Waals surface area contributed by atoms with Gasteiger partial charge in [-0.05, 0) is 62.8 Å². The van der Waals surface area contributed by atoms with Crippen molar-refractivity contribution < 1.29 is 4.74 Å². The van der Waals surface area contributed by atoms with E-state index in [4.69, 9.17) is 10.5 Å². The molecule has 1 atom stereocenters. The molecule has 0 aliphatic heterocycles. The van der Waals surface area contributed by atoms with E-state index in [2.05, 4.69) is 5.32 Å². The van der Waals surface area contributed by atoms with Gasteiger partial charge in [0, 0.05) is 26.3 Å². The molecule has 2 saturated carbocycles. The number of hydrogen-bond donors (Lipinski definition) is 2. The lowest BCUT2D eigenvalue weighted by Crippen LogP contribution is -2.37. The van der Waals surface area contributed by atoms with Crippen LogP contribution in [0, 0.1) is 17.8 Å². The van der Waals surface area contributed by atoms with E-state index in [0.717, 1.165) is 43.7 Å². The Kier molecular flexibility index (Phi) is 5.26. The Hall–Kier alpha value is -0.120. The minimum Gasteiger partial charge on any atom is -0.385 e. The fourth-order valence-corrected chi connectivity index (χ4v) is 2.79. The van der Waals surface area contributed by atoms with Crippen LogP contribution in [0.3, 0.4) is 0 Å². The Morgan fingerprint density at radius 2 is 1.82 bits per heavy atom. The standard InChI is InChI=1S/C14H28N2O/c1-17-8-2-3-13(15)9-16-10-14(11-4-5-11)12-6-7-12/h11-14,16H,2-10,15H2,1H3. The van der Waals surface area contributed by atoms with E-state index < -0.39 is 0 Å². The third kappa shape index (κ3) is 4.94. The molecule has 3 nitrogen and oxygen atoms in total. The van der Waals surface area contributed by atoms with Crippen LogP contribution in [-0.2, 0) is 4.74 Å². The van der Waals surface area contributed by atoms with E-state index in [1.165, 1.54) is 32.2 Å². The first-order valence-corrected chi connectivity index (χ1v) is 7.26. The van der Waals surface area contributed by atoms with Crippen LogP contribution in [-0.4, -0.2) is 32.8 Å². The second-order valence-electron chi connectivity index (χ2n) is 5.89. The highest BCUT2D eigenvalue weighted by atomic mass is 16.5. The van der Waals surface area contributed by atoms with Crippen LogP contribution < -0.4 is 11.1 Å². The molecule has 0 saturated heterocycles. The molecule has 3 N–H and O–H groups in total. The van der Waals surface area contributed by atoms with Gasteiger partial charge in [-0.1, -0.05) is 0 Å². The van der Waals surface area contributed by atoms with Crippen LogP contribution in [0.4, 0.5) is 0 Å². The molecule has 2 aliphatic rings. The zero-order chi connectivity index (χ0) is 12.1. The maximum absolute atomic E-state index is 6.07. The molecule has 2 rings (SSSR count). The molecule has 1 unspecified atom stereocenters. The van der Waals surface area contributed by atoms with E-state index in [1.54, 1.807) is 7.11 Å². The van der Waals surface area contributed by atoms with Gasteiger partial charge >= 0.3 is 0 Å². The summed E-state index contributed by atoms with van der Waals surface area (Å²) >= 11 is 0. The van der Waals surface area contributed by atoms with Gasteiger partial charge in [0.2, 0.25) is 0 Å². The topological polar surface area (TPSA) is 47.3 Å². The summed E-state index contributed by atoms with van der Waals surface area (Å²) < 4.78 is 5.04. The van der Waals surface area contributed by atoms with Crippen molar-refractivity contribution >= 4 is 0 Å². The second-order valence-corrected chi connectivity index (χ2v) is 5.89. The van der Waals surface area contributed by atoms with Crippen LogP contribution in [0.1, 0.15) is 38.5 Å². The first-order chi connectivity index (χ1) is 8.31. The first-order valence-electron chi connectivity index (χ1n) is 7.26. The normalized spacial score (nSPS) is 22.1. The molecular formula is C14H28N2O. The highest BCUT2D eigenvalue weighted by Gasteiger charge is 2.40. The Labute approximate surface area is 105 Å². The van der Waals surface area contributed by atoms with Crippen LogP contribution in [0.2, 0.25) is 0 Å². The molecule has 0 aromatic rings. The molecular weight excluding hydrogens is 212 g/mol. The number of nitrogens with one attached hydrogen (secondary N) is 1. The Morgan fingerprint density at radius 3 is 2.35 bits per heavy atom. The van der Waals surface area contributed by atoms with Crippen LogP contribution in [0.25, 0.3) is 0 Å². The van der Waals surface area contributed by atoms with Gasteiger partial charge in [-0.15, -0.1) is 0 Å². The van der Waals surface area contributed by atoms with Crippen molar-refractivity contribution in [3.8, 4) is 0 Å². The van der Waals surface area contributed by atoms with Gasteiger partial charge in [0.1, 0.15) is 0 Å². The third-order valence-corrected chi connectivity index (χ3v) is 4.16. The van der Waals surface area contributed by atoms with Crippen molar-refractivity contribution in [3.63, 3.8) is 0 Å². The van der Waals surface area contributed by atoms with Gasteiger partial charge in [-0.25, -0.2) is 0 Å². The number of rotatable bonds is 10. The summed E-state index contributed by atoms with van der Waals surface area (Å²) in [5.41, 5.74) is 6.07. The maximum Gasteiger partial charge on any atom is 0.0462 e. The summed E-state index contributed by atoms with van der Waals surface area (Å²) in [5, 5.41) is 3.59. The summed E-state index contributed by atoms with van der Waals surface area (Å²) in [6.45, 7) is 3.01. The maximum atomic E-state index is 6.07. The molecule has 0 heterocycles. The molecule has 0 bridgehead atoms. The van der Waals surface area contributed by atoms with Crippen molar-refractivity contribution in [1.82, 2.24) is 5.32 Å². The van der Waals surface area contributed by atoms with Gasteiger partial charge in [0.05, 0.1) is 0 Å². The van der Waals surface area contributed by atoms with Gasteiger partial charge in [0.25, 0.3) is 0 Å². The van der Waals surface area contributed by atoms with Crippen LogP contribution in [0.15, 0.2) is 0 Å². The fourth-order valence-electron chi connectivity index (χ4n) is 2.79. The molecule has 0 spiro atoms. The fraction of sp³-hybridized carbons (Fsp3) is 1.00. The molecule has 2 aliphatic carbocycles. The highest BCUT2D eigenvalue weighted by Crippen LogP contribution is 2.48. The second kappa shape index (κ2) is 6.72. The Morgan fingerprint density at radius 1 is 1.18 bits per heavy atom. The van der Waals surface area contributed by atoms with Crippen molar-refractivity contribution in [2.75, 3.05) is 26.8 Å². The number of ether oxygens (including phenoxy) is 1. The van der Waals surface area contributed by atoms with Crippen molar-refractivity contribution in [3.05, 3.63) is 0 Å².